The minimum Gasteiger partial charge on any atom is -0.497 e. The number of methoxy groups -OCH3 is 1. The molecule has 0 bridgehead atoms. The lowest BCUT2D eigenvalue weighted by Crippen LogP contribution is -2.23. The summed E-state index contributed by atoms with van der Waals surface area (Å²) < 4.78 is 6.40. The van der Waals surface area contributed by atoms with Crippen LogP contribution in [0.4, 0.5) is 0 Å². The molecule has 0 amide bonds. The van der Waals surface area contributed by atoms with Crippen molar-refractivity contribution in [2.75, 3.05) is 13.7 Å². The molecule has 0 radical (unpaired) electrons. The fraction of sp³-hybridized carbons (Fsp3) is 0.294. The second kappa shape index (κ2) is 7.83. The molecule has 0 saturated heterocycles. The van der Waals surface area contributed by atoms with Crippen molar-refractivity contribution in [2.45, 2.75) is 19.4 Å². The summed E-state index contributed by atoms with van der Waals surface area (Å²) in [4.78, 5) is 0. The second-order valence-electron chi connectivity index (χ2n) is 4.83. The van der Waals surface area contributed by atoms with E-state index in [9.17, 15) is 0 Å². The zero-order chi connectivity index (χ0) is 15.2. The lowest BCUT2D eigenvalue weighted by Gasteiger charge is -2.21. The van der Waals surface area contributed by atoms with Gasteiger partial charge in [-0.1, -0.05) is 46.6 Å². The molecule has 0 aliphatic heterocycles. The molecule has 2 rings (SSSR count). The molecule has 4 heteroatoms. The Bertz CT molecular complexity index is 603. The second-order valence-corrected chi connectivity index (χ2v) is 6.12. The molecule has 2 nitrogen and oxygen atoms in total. The van der Waals surface area contributed by atoms with Crippen LogP contribution in [0.5, 0.6) is 5.75 Å². The van der Waals surface area contributed by atoms with Crippen molar-refractivity contribution in [3.05, 3.63) is 63.1 Å². The van der Waals surface area contributed by atoms with Gasteiger partial charge >= 0.3 is 0 Å². The lowest BCUT2D eigenvalue weighted by atomic mass is 9.98. The number of hydrogen-bond donors (Lipinski definition) is 1. The van der Waals surface area contributed by atoms with Crippen molar-refractivity contribution in [2.24, 2.45) is 0 Å². The predicted molar refractivity (Wildman–Crippen MR) is 92.3 cm³/mol. The molecule has 0 saturated carbocycles. The van der Waals surface area contributed by atoms with Gasteiger partial charge in [0.2, 0.25) is 0 Å². The zero-order valence-electron chi connectivity index (χ0n) is 12.2. The first-order valence-corrected chi connectivity index (χ1v) is 8.15. The van der Waals surface area contributed by atoms with Crippen LogP contribution >= 0.6 is 27.5 Å². The maximum absolute atomic E-state index is 6.14. The Labute approximate surface area is 139 Å². The number of benzene rings is 2. The fourth-order valence-corrected chi connectivity index (χ4v) is 2.93. The Morgan fingerprint density at radius 1 is 1.24 bits per heavy atom. The van der Waals surface area contributed by atoms with Crippen molar-refractivity contribution < 1.29 is 4.74 Å². The molecule has 0 fully saturated rings. The van der Waals surface area contributed by atoms with Crippen LogP contribution in [-0.2, 0) is 0 Å². The first-order chi connectivity index (χ1) is 10.2. The van der Waals surface area contributed by atoms with E-state index in [1.165, 1.54) is 0 Å². The van der Waals surface area contributed by atoms with E-state index in [0.717, 1.165) is 39.3 Å². The average molecular weight is 369 g/mol. The highest BCUT2D eigenvalue weighted by Crippen LogP contribution is 2.32. The van der Waals surface area contributed by atoms with Crippen molar-refractivity contribution >= 4 is 27.5 Å². The first kappa shape index (κ1) is 16.3. The summed E-state index contributed by atoms with van der Waals surface area (Å²) in [6.07, 6.45) is 1.07. The van der Waals surface area contributed by atoms with E-state index >= 15 is 0 Å². The minimum atomic E-state index is 0.0770. The van der Waals surface area contributed by atoms with Crippen LogP contribution in [0.15, 0.2) is 46.9 Å². The van der Waals surface area contributed by atoms with E-state index < -0.39 is 0 Å². The third kappa shape index (κ3) is 4.22. The number of rotatable bonds is 6. The summed E-state index contributed by atoms with van der Waals surface area (Å²) in [5, 5.41) is 4.32. The zero-order valence-corrected chi connectivity index (χ0v) is 14.5. The van der Waals surface area contributed by atoms with Crippen molar-refractivity contribution in [3.63, 3.8) is 0 Å². The Balaban J connectivity index is 2.44. The third-order valence-electron chi connectivity index (χ3n) is 3.29. The standard InChI is InChI=1S/C17H19BrClNO/c1-3-9-20-17(12-5-4-6-13(19)10-12)15-11-14(21-2)7-8-16(15)18/h4-8,10-11,17,20H,3,9H2,1-2H3. The van der Waals surface area contributed by atoms with E-state index in [1.54, 1.807) is 7.11 Å². The normalized spacial score (nSPS) is 12.2. The number of ether oxygens (including phenoxy) is 1. The maximum Gasteiger partial charge on any atom is 0.119 e. The molecular weight excluding hydrogens is 350 g/mol. The number of halogens is 2. The van der Waals surface area contributed by atoms with Crippen LogP contribution in [0.25, 0.3) is 0 Å². The summed E-state index contributed by atoms with van der Waals surface area (Å²) in [5.74, 6) is 0.846. The Hall–Kier alpha value is -1.03. The molecule has 112 valence electrons. The van der Waals surface area contributed by atoms with Gasteiger partial charge in [0.1, 0.15) is 5.75 Å². The summed E-state index contributed by atoms with van der Waals surface area (Å²) >= 11 is 9.78. The van der Waals surface area contributed by atoms with Gasteiger partial charge in [0.05, 0.1) is 13.2 Å². The van der Waals surface area contributed by atoms with Gasteiger partial charge in [0.25, 0.3) is 0 Å². The highest BCUT2D eigenvalue weighted by molar-refractivity contribution is 9.10. The van der Waals surface area contributed by atoms with E-state index in [0.29, 0.717) is 0 Å². The topological polar surface area (TPSA) is 21.3 Å². The Kier molecular flexibility index (Phi) is 6.09. The summed E-state index contributed by atoms with van der Waals surface area (Å²) in [7, 11) is 1.68. The maximum atomic E-state index is 6.14. The summed E-state index contributed by atoms with van der Waals surface area (Å²) in [6, 6.07) is 14.1. The van der Waals surface area contributed by atoms with Crippen LogP contribution < -0.4 is 10.1 Å². The molecule has 1 N–H and O–H groups in total. The molecule has 0 aliphatic carbocycles. The van der Waals surface area contributed by atoms with Crippen molar-refractivity contribution in [3.8, 4) is 5.75 Å². The van der Waals surface area contributed by atoms with E-state index in [-0.39, 0.29) is 6.04 Å². The minimum absolute atomic E-state index is 0.0770. The largest absolute Gasteiger partial charge is 0.497 e. The molecule has 0 spiro atoms. The van der Waals surface area contributed by atoms with Crippen LogP contribution in [0.2, 0.25) is 5.02 Å². The van der Waals surface area contributed by atoms with Crippen LogP contribution in [0.1, 0.15) is 30.5 Å². The van der Waals surface area contributed by atoms with E-state index in [1.807, 2.05) is 30.3 Å². The number of nitrogens with one attached hydrogen (secondary N) is 1. The van der Waals surface area contributed by atoms with Gasteiger partial charge in [-0.15, -0.1) is 0 Å². The highest BCUT2D eigenvalue weighted by Gasteiger charge is 2.17. The molecule has 21 heavy (non-hydrogen) atoms. The Morgan fingerprint density at radius 3 is 2.71 bits per heavy atom. The van der Waals surface area contributed by atoms with Crippen molar-refractivity contribution in [1.82, 2.24) is 5.32 Å². The summed E-state index contributed by atoms with van der Waals surface area (Å²) in [6.45, 7) is 3.09. The van der Waals surface area contributed by atoms with Crippen LogP contribution in [-0.4, -0.2) is 13.7 Å². The van der Waals surface area contributed by atoms with Crippen LogP contribution in [0, 0.1) is 0 Å². The lowest BCUT2D eigenvalue weighted by molar-refractivity contribution is 0.413. The fourth-order valence-electron chi connectivity index (χ4n) is 2.25. The van der Waals surface area contributed by atoms with Gasteiger partial charge in [-0.2, -0.15) is 0 Å². The average Bonchev–Trinajstić information content (AvgIpc) is 2.49. The third-order valence-corrected chi connectivity index (χ3v) is 4.25. The number of hydrogen-bond acceptors (Lipinski definition) is 2. The smallest absolute Gasteiger partial charge is 0.119 e. The molecule has 2 aromatic rings. The molecule has 0 heterocycles. The summed E-state index contributed by atoms with van der Waals surface area (Å²) in [5.41, 5.74) is 2.29. The quantitative estimate of drug-likeness (QED) is 0.756. The molecule has 0 aromatic heterocycles. The molecule has 1 unspecified atom stereocenters. The van der Waals surface area contributed by atoms with Gasteiger partial charge in [-0.05, 0) is 54.4 Å². The van der Waals surface area contributed by atoms with Gasteiger partial charge < -0.3 is 10.1 Å². The van der Waals surface area contributed by atoms with Gasteiger partial charge in [0.15, 0.2) is 0 Å². The van der Waals surface area contributed by atoms with Gasteiger partial charge in [-0.3, -0.25) is 0 Å². The molecular formula is C17H19BrClNO. The monoisotopic (exact) mass is 367 g/mol. The van der Waals surface area contributed by atoms with E-state index in [4.69, 9.17) is 16.3 Å². The van der Waals surface area contributed by atoms with Crippen LogP contribution in [0.3, 0.4) is 0 Å². The van der Waals surface area contributed by atoms with Crippen molar-refractivity contribution in [1.29, 1.82) is 0 Å². The predicted octanol–water partition coefficient (Wildman–Crippen LogP) is 5.20. The SMILES string of the molecule is CCCNC(c1cccc(Cl)c1)c1cc(OC)ccc1Br. The van der Waals surface area contributed by atoms with E-state index in [2.05, 4.69) is 40.3 Å². The van der Waals surface area contributed by atoms with Gasteiger partial charge in [-0.25, -0.2) is 0 Å². The molecule has 0 aliphatic rings. The van der Waals surface area contributed by atoms with Gasteiger partial charge in [0, 0.05) is 9.50 Å². The molecule has 2 aromatic carbocycles. The highest BCUT2D eigenvalue weighted by atomic mass is 79.9. The first-order valence-electron chi connectivity index (χ1n) is 6.98. The molecule has 1 atom stereocenters. The Morgan fingerprint density at radius 2 is 2.05 bits per heavy atom.